The van der Waals surface area contributed by atoms with Crippen molar-refractivity contribution < 1.29 is 52.5 Å². The number of ether oxygens (including phenoxy) is 6. The first-order valence-corrected chi connectivity index (χ1v) is 27.0. The van der Waals surface area contributed by atoms with E-state index < -0.39 is 23.2 Å². The van der Waals surface area contributed by atoms with Gasteiger partial charge in [-0.1, -0.05) is 163 Å². The maximum absolute atomic E-state index is 13.0. The molecule has 0 aliphatic rings. The van der Waals surface area contributed by atoms with Crippen LogP contribution >= 0.6 is 0 Å². The molecule has 13 heteroatoms. The minimum absolute atomic E-state index is 0.0165. The third kappa shape index (κ3) is 35.9. The third-order valence-electron chi connectivity index (χ3n) is 12.1. The van der Waals surface area contributed by atoms with Crippen LogP contribution in [0.2, 0.25) is 0 Å². The van der Waals surface area contributed by atoms with Crippen molar-refractivity contribution in [2.75, 3.05) is 13.2 Å². The fourth-order valence-corrected chi connectivity index (χ4v) is 7.98. The van der Waals surface area contributed by atoms with E-state index in [4.69, 9.17) is 28.4 Å². The van der Waals surface area contributed by atoms with Gasteiger partial charge in [-0.25, -0.2) is 4.79 Å². The number of nitrogens with zero attached hydrogens (tertiary/aromatic N) is 1. The van der Waals surface area contributed by atoms with Crippen LogP contribution in [0.1, 0.15) is 246 Å². The summed E-state index contributed by atoms with van der Waals surface area (Å²) in [5, 5.41) is 11.1. The number of hydrogen-bond acceptors (Lipinski definition) is 12. The van der Waals surface area contributed by atoms with E-state index in [-0.39, 0.29) is 74.5 Å². The number of rotatable bonds is 46. The number of esters is 3. The topological polar surface area (TPSA) is 167 Å². The summed E-state index contributed by atoms with van der Waals surface area (Å²) in [6.45, 7) is 12.2. The number of hydrogen-bond donors (Lipinski definition) is 0. The summed E-state index contributed by atoms with van der Waals surface area (Å²) in [7, 11) is 0. The summed E-state index contributed by atoms with van der Waals surface area (Å²) in [4.78, 5) is 62.0. The average Bonchev–Trinajstić information content (AvgIpc) is 3.31. The van der Waals surface area contributed by atoms with E-state index in [2.05, 4.69) is 34.3 Å². The van der Waals surface area contributed by atoms with Gasteiger partial charge in [0.1, 0.15) is 31.2 Å². The Labute approximate surface area is 411 Å². The average molecular weight is 960 g/mol. The zero-order valence-corrected chi connectivity index (χ0v) is 43.1. The lowest BCUT2D eigenvalue weighted by Crippen LogP contribution is -2.31. The van der Waals surface area contributed by atoms with E-state index in [0.717, 1.165) is 77.0 Å². The van der Waals surface area contributed by atoms with Crippen LogP contribution in [0.5, 0.6) is 5.75 Å². The number of carbonyl (C=O) groups is 4. The summed E-state index contributed by atoms with van der Waals surface area (Å²) in [6, 6.07) is 4.91. The maximum atomic E-state index is 13.0. The smallest absolute Gasteiger partial charge is 0.495 e. The molecule has 0 aliphatic carbocycles. The highest BCUT2D eigenvalue weighted by atomic mass is 16.7. The normalized spacial score (nSPS) is 11.6. The van der Waals surface area contributed by atoms with Crippen molar-refractivity contribution in [1.82, 2.24) is 0 Å². The number of benzene rings is 1. The molecule has 0 bridgehead atoms. The second-order valence-corrected chi connectivity index (χ2v) is 18.5. The molecule has 1 rings (SSSR count). The van der Waals surface area contributed by atoms with Crippen molar-refractivity contribution in [2.45, 2.75) is 264 Å². The zero-order valence-electron chi connectivity index (χ0n) is 43.1. The quantitative estimate of drug-likeness (QED) is 0.0116. The summed E-state index contributed by atoms with van der Waals surface area (Å²) >= 11 is 0. The SMILES string of the molecule is C=C(CCCC(=O)OC(CCCCCCCC)CCCCCCCC)OCC(COC(=O)CCCC(=O)OC(CCCCCCCC)CCCCCCCC)OC(=O)Oc1ccc([N+](=O)[O-])cc1. The van der Waals surface area contributed by atoms with Gasteiger partial charge in [0.05, 0.1) is 10.7 Å². The summed E-state index contributed by atoms with van der Waals surface area (Å²) in [6.07, 6.45) is 30.6. The van der Waals surface area contributed by atoms with Crippen molar-refractivity contribution in [3.63, 3.8) is 0 Å². The molecule has 0 amide bonds. The number of non-ortho nitro benzene ring substituents is 1. The first-order chi connectivity index (χ1) is 33.0. The third-order valence-corrected chi connectivity index (χ3v) is 12.1. The molecule has 0 fully saturated rings. The van der Waals surface area contributed by atoms with E-state index in [1.807, 2.05) is 0 Å². The largest absolute Gasteiger partial charge is 0.514 e. The number of nitro benzene ring substituents is 1. The van der Waals surface area contributed by atoms with Crippen LogP contribution in [0, 0.1) is 10.1 Å². The fraction of sp³-hybridized carbons (Fsp3) is 0.782. The predicted molar refractivity (Wildman–Crippen MR) is 269 cm³/mol. The highest BCUT2D eigenvalue weighted by Crippen LogP contribution is 2.22. The molecule has 1 aromatic carbocycles. The van der Waals surface area contributed by atoms with Gasteiger partial charge in [-0.05, 0) is 76.3 Å². The molecule has 0 saturated heterocycles. The van der Waals surface area contributed by atoms with Crippen LogP contribution < -0.4 is 4.74 Å². The Bertz CT molecular complexity index is 1360. The van der Waals surface area contributed by atoms with Crippen molar-refractivity contribution in [2.24, 2.45) is 0 Å². The molecule has 0 saturated carbocycles. The standard InChI is InChI=1S/C55H93NO12/c1-6-10-14-18-22-26-33-48(34-27-23-19-15-11-7-2)65-53(58)38-30-32-46(5)63-44-51(68-55(60)67-50-42-40-47(41-43-50)56(61)62)45-64-52(57)37-31-39-54(59)66-49(35-28-24-20-16-12-8-3)36-29-25-21-17-13-9-4/h40-43,48-49,51H,5-39,44-45H2,1-4H3. The van der Waals surface area contributed by atoms with Crippen LogP contribution in [0.4, 0.5) is 10.5 Å². The Morgan fingerprint density at radius 3 is 1.25 bits per heavy atom. The van der Waals surface area contributed by atoms with Crippen LogP contribution in [0.25, 0.3) is 0 Å². The Hall–Kier alpha value is -4.16. The van der Waals surface area contributed by atoms with E-state index >= 15 is 0 Å². The lowest BCUT2D eigenvalue weighted by Gasteiger charge is -2.20. The summed E-state index contributed by atoms with van der Waals surface area (Å²) < 4.78 is 33.9. The van der Waals surface area contributed by atoms with Gasteiger partial charge in [0.2, 0.25) is 0 Å². The van der Waals surface area contributed by atoms with Gasteiger partial charge >= 0.3 is 24.1 Å². The van der Waals surface area contributed by atoms with Gasteiger partial charge in [-0.3, -0.25) is 24.5 Å². The molecule has 68 heavy (non-hydrogen) atoms. The van der Waals surface area contributed by atoms with Crippen molar-refractivity contribution in [3.05, 3.63) is 46.7 Å². The molecule has 0 spiro atoms. The number of unbranched alkanes of at least 4 members (excludes halogenated alkanes) is 20. The molecule has 1 unspecified atom stereocenters. The molecule has 0 aliphatic heterocycles. The molecule has 13 nitrogen and oxygen atoms in total. The monoisotopic (exact) mass is 960 g/mol. The molecule has 390 valence electrons. The van der Waals surface area contributed by atoms with E-state index in [1.165, 1.54) is 127 Å². The van der Waals surface area contributed by atoms with Gasteiger partial charge in [-0.2, -0.15) is 0 Å². The summed E-state index contributed by atoms with van der Waals surface area (Å²) in [5.41, 5.74) is -0.175. The lowest BCUT2D eigenvalue weighted by molar-refractivity contribution is -0.384. The summed E-state index contributed by atoms with van der Waals surface area (Å²) in [5.74, 6) is -0.785. The van der Waals surface area contributed by atoms with Gasteiger partial charge in [-0.15, -0.1) is 0 Å². The highest BCUT2D eigenvalue weighted by molar-refractivity contribution is 5.72. The van der Waals surface area contributed by atoms with E-state index in [9.17, 15) is 29.3 Å². The predicted octanol–water partition coefficient (Wildman–Crippen LogP) is 15.7. The van der Waals surface area contributed by atoms with Gasteiger partial charge in [0.25, 0.3) is 5.69 Å². The first-order valence-electron chi connectivity index (χ1n) is 27.0. The van der Waals surface area contributed by atoms with Crippen molar-refractivity contribution in [3.8, 4) is 5.75 Å². The maximum Gasteiger partial charge on any atom is 0.514 e. The molecule has 0 heterocycles. The van der Waals surface area contributed by atoms with Crippen molar-refractivity contribution >= 4 is 29.8 Å². The Balaban J connectivity index is 2.73. The highest BCUT2D eigenvalue weighted by Gasteiger charge is 2.22. The Kier molecular flexibility index (Phi) is 39.0. The van der Waals surface area contributed by atoms with Crippen LogP contribution in [0.3, 0.4) is 0 Å². The van der Waals surface area contributed by atoms with E-state index in [0.29, 0.717) is 18.6 Å². The molecular formula is C55H93NO12. The second kappa shape index (κ2) is 42.9. The van der Waals surface area contributed by atoms with Crippen LogP contribution in [-0.2, 0) is 38.1 Å². The number of allylic oxidation sites excluding steroid dienone is 1. The molecule has 0 radical (unpaired) electrons. The van der Waals surface area contributed by atoms with Gasteiger partial charge in [0, 0.05) is 37.8 Å². The molecular weight excluding hydrogens is 867 g/mol. The van der Waals surface area contributed by atoms with Crippen LogP contribution in [-0.4, -0.2) is 60.5 Å². The first kappa shape index (κ1) is 61.9. The zero-order chi connectivity index (χ0) is 49.9. The van der Waals surface area contributed by atoms with Gasteiger partial charge in [0.15, 0.2) is 6.10 Å². The minimum Gasteiger partial charge on any atom is -0.495 e. The number of carbonyl (C=O) groups excluding carboxylic acids is 4. The van der Waals surface area contributed by atoms with Crippen LogP contribution in [0.15, 0.2) is 36.6 Å². The Morgan fingerprint density at radius 1 is 0.471 bits per heavy atom. The van der Waals surface area contributed by atoms with E-state index in [1.54, 1.807) is 0 Å². The molecule has 1 aromatic rings. The fourth-order valence-electron chi connectivity index (χ4n) is 7.98. The second-order valence-electron chi connectivity index (χ2n) is 18.5. The van der Waals surface area contributed by atoms with Gasteiger partial charge < -0.3 is 28.4 Å². The molecule has 1 atom stereocenters. The molecule has 0 aromatic heterocycles. The Morgan fingerprint density at radius 2 is 0.838 bits per heavy atom. The minimum atomic E-state index is -1.13. The lowest BCUT2D eigenvalue weighted by atomic mass is 10.0. The van der Waals surface area contributed by atoms with Crippen molar-refractivity contribution in [1.29, 1.82) is 0 Å². The number of nitro groups is 1. The molecule has 0 N–H and O–H groups in total.